The molecule has 0 aromatic rings. The lowest BCUT2D eigenvalue weighted by Crippen LogP contribution is -2.30. The Kier molecular flexibility index (Phi) is 62.8. The number of rotatable bonds is 59. The number of unbranched alkanes of at least 4 members (excludes halogenated alkanes) is 28. The standard InChI is InChI=1S/C73H122O6/c1-4-7-10-13-16-19-22-25-28-31-34-36-39-42-45-48-51-54-57-60-63-66-72(75)78-69-70(68-77-71(74)65-62-59-56-53-50-47-44-41-38-33-30-27-24-21-18-15-12-9-6-3)79-73(76)67-64-61-58-55-52-49-46-43-40-37-35-32-29-26-23-20-17-14-11-8-5-2/h9,12,18,21-23,25-27,30-32,34-35,38,41,47,50,56,59,70H,4-8,10-11,13-17,19-20,24,28-29,33,36-37,39-40,42-46,48-49,51-55,57-58,60-69H2,1-3H3/b12-9-,21-18-,25-22-,26-23-,30-27-,34-31-,35-32-,41-38-,50-47-,59-56-. The highest BCUT2D eigenvalue weighted by molar-refractivity contribution is 5.71. The minimum atomic E-state index is -0.818. The van der Waals surface area contributed by atoms with Crippen molar-refractivity contribution in [3.05, 3.63) is 122 Å². The van der Waals surface area contributed by atoms with E-state index in [0.29, 0.717) is 19.3 Å². The van der Waals surface area contributed by atoms with E-state index in [1.165, 1.54) is 167 Å². The first-order chi connectivity index (χ1) is 39.0. The van der Waals surface area contributed by atoms with E-state index in [2.05, 4.69) is 136 Å². The summed E-state index contributed by atoms with van der Waals surface area (Å²) in [5, 5.41) is 0. The normalized spacial score (nSPS) is 12.9. The van der Waals surface area contributed by atoms with Gasteiger partial charge in [-0.1, -0.05) is 284 Å². The third-order valence-electron chi connectivity index (χ3n) is 13.9. The largest absolute Gasteiger partial charge is 0.462 e. The Bertz CT molecular complexity index is 1640. The lowest BCUT2D eigenvalue weighted by Gasteiger charge is -2.18. The van der Waals surface area contributed by atoms with Gasteiger partial charge in [0.2, 0.25) is 0 Å². The summed E-state index contributed by atoms with van der Waals surface area (Å²) in [6.07, 6.45) is 92.1. The van der Waals surface area contributed by atoms with E-state index in [1.807, 2.05) is 6.08 Å². The number of hydrogen-bond acceptors (Lipinski definition) is 6. The van der Waals surface area contributed by atoms with Crippen molar-refractivity contribution in [2.24, 2.45) is 0 Å². The van der Waals surface area contributed by atoms with E-state index >= 15 is 0 Å². The second-order valence-corrected chi connectivity index (χ2v) is 21.6. The van der Waals surface area contributed by atoms with Crippen LogP contribution in [0.2, 0.25) is 0 Å². The van der Waals surface area contributed by atoms with Crippen molar-refractivity contribution in [2.75, 3.05) is 13.2 Å². The fourth-order valence-corrected chi connectivity index (χ4v) is 9.00. The summed E-state index contributed by atoms with van der Waals surface area (Å²) in [7, 11) is 0. The number of allylic oxidation sites excluding steroid dienone is 20. The Balaban J connectivity index is 4.50. The average Bonchev–Trinajstić information content (AvgIpc) is 3.45. The molecule has 0 aliphatic carbocycles. The molecular formula is C73H122O6. The van der Waals surface area contributed by atoms with Crippen LogP contribution in [0.5, 0.6) is 0 Å². The fraction of sp³-hybridized carbons (Fsp3) is 0.685. The molecular weight excluding hydrogens is 973 g/mol. The van der Waals surface area contributed by atoms with Gasteiger partial charge in [0.25, 0.3) is 0 Å². The van der Waals surface area contributed by atoms with Gasteiger partial charge in [0, 0.05) is 19.3 Å². The monoisotopic (exact) mass is 1090 g/mol. The maximum absolute atomic E-state index is 12.9. The maximum atomic E-state index is 12.9. The van der Waals surface area contributed by atoms with Crippen LogP contribution in [0.15, 0.2) is 122 Å². The van der Waals surface area contributed by atoms with Gasteiger partial charge in [-0.3, -0.25) is 14.4 Å². The Morgan fingerprint density at radius 2 is 0.519 bits per heavy atom. The van der Waals surface area contributed by atoms with Gasteiger partial charge in [-0.2, -0.15) is 0 Å². The molecule has 0 saturated carbocycles. The molecule has 0 aromatic carbocycles. The summed E-state index contributed by atoms with van der Waals surface area (Å²) in [5.74, 6) is -0.996. The first kappa shape index (κ1) is 74.8. The second-order valence-electron chi connectivity index (χ2n) is 21.6. The van der Waals surface area contributed by atoms with E-state index in [4.69, 9.17) is 14.2 Å². The molecule has 1 unspecified atom stereocenters. The van der Waals surface area contributed by atoms with Crippen LogP contribution in [0.1, 0.15) is 303 Å². The molecule has 0 spiro atoms. The van der Waals surface area contributed by atoms with Crippen LogP contribution >= 0.6 is 0 Å². The summed E-state index contributed by atoms with van der Waals surface area (Å²) in [5.41, 5.74) is 0. The van der Waals surface area contributed by atoms with Crippen molar-refractivity contribution in [3.8, 4) is 0 Å². The summed E-state index contributed by atoms with van der Waals surface area (Å²) in [6, 6.07) is 0. The Labute approximate surface area is 488 Å². The van der Waals surface area contributed by atoms with Gasteiger partial charge in [0.1, 0.15) is 13.2 Å². The summed E-state index contributed by atoms with van der Waals surface area (Å²) >= 11 is 0. The van der Waals surface area contributed by atoms with Crippen molar-refractivity contribution in [1.29, 1.82) is 0 Å². The number of esters is 3. The Morgan fingerprint density at radius 1 is 0.266 bits per heavy atom. The van der Waals surface area contributed by atoms with Crippen molar-refractivity contribution in [2.45, 2.75) is 309 Å². The first-order valence-electron chi connectivity index (χ1n) is 33.0. The van der Waals surface area contributed by atoms with Crippen LogP contribution in [0.25, 0.3) is 0 Å². The lowest BCUT2D eigenvalue weighted by atomic mass is 10.1. The predicted molar refractivity (Wildman–Crippen MR) is 343 cm³/mol. The van der Waals surface area contributed by atoms with Gasteiger partial charge in [-0.05, 0) is 122 Å². The summed E-state index contributed by atoms with van der Waals surface area (Å²) in [6.45, 7) is 6.46. The van der Waals surface area contributed by atoms with Gasteiger partial charge in [-0.25, -0.2) is 0 Å². The van der Waals surface area contributed by atoms with Crippen LogP contribution < -0.4 is 0 Å². The maximum Gasteiger partial charge on any atom is 0.306 e. The van der Waals surface area contributed by atoms with Crippen molar-refractivity contribution in [3.63, 3.8) is 0 Å². The molecule has 79 heavy (non-hydrogen) atoms. The molecule has 6 nitrogen and oxygen atoms in total. The Morgan fingerprint density at radius 3 is 0.848 bits per heavy atom. The molecule has 0 aromatic heterocycles. The molecule has 1 atom stereocenters. The molecule has 0 aliphatic heterocycles. The van der Waals surface area contributed by atoms with Gasteiger partial charge in [-0.15, -0.1) is 0 Å². The second kappa shape index (κ2) is 66.3. The van der Waals surface area contributed by atoms with Crippen molar-refractivity contribution >= 4 is 17.9 Å². The first-order valence-corrected chi connectivity index (χ1v) is 33.0. The zero-order valence-electron chi connectivity index (χ0n) is 51.6. The lowest BCUT2D eigenvalue weighted by molar-refractivity contribution is -0.166. The quantitative estimate of drug-likeness (QED) is 0.0261. The van der Waals surface area contributed by atoms with Gasteiger partial charge in [0.15, 0.2) is 6.10 Å². The summed E-state index contributed by atoms with van der Waals surface area (Å²) in [4.78, 5) is 38.4. The average molecular weight is 1100 g/mol. The zero-order chi connectivity index (χ0) is 57.1. The Hall–Kier alpha value is -4.19. The molecule has 0 saturated heterocycles. The molecule has 450 valence electrons. The third-order valence-corrected chi connectivity index (χ3v) is 13.9. The molecule has 0 heterocycles. The van der Waals surface area contributed by atoms with Crippen LogP contribution in [0, 0.1) is 0 Å². The molecule has 0 N–H and O–H groups in total. The molecule has 0 radical (unpaired) electrons. The molecule has 0 amide bonds. The summed E-state index contributed by atoms with van der Waals surface area (Å²) < 4.78 is 16.9. The van der Waals surface area contributed by atoms with E-state index in [0.717, 1.165) is 89.9 Å². The minimum absolute atomic E-state index is 0.107. The highest BCUT2D eigenvalue weighted by Gasteiger charge is 2.19. The minimum Gasteiger partial charge on any atom is -0.462 e. The van der Waals surface area contributed by atoms with Crippen LogP contribution in [-0.2, 0) is 28.6 Å². The number of hydrogen-bond donors (Lipinski definition) is 0. The number of carbonyl (C=O) groups is 3. The van der Waals surface area contributed by atoms with Crippen molar-refractivity contribution in [1.82, 2.24) is 0 Å². The van der Waals surface area contributed by atoms with Gasteiger partial charge >= 0.3 is 17.9 Å². The third kappa shape index (κ3) is 64.5. The van der Waals surface area contributed by atoms with E-state index in [9.17, 15) is 14.4 Å². The molecule has 0 rings (SSSR count). The topological polar surface area (TPSA) is 78.9 Å². The van der Waals surface area contributed by atoms with E-state index in [-0.39, 0.29) is 37.5 Å². The van der Waals surface area contributed by atoms with Crippen molar-refractivity contribution < 1.29 is 28.6 Å². The SMILES string of the molecule is CC/C=C\C/C=C\C/C=C\C/C=C\C/C=C\C/C=C\CCC(=O)OCC(COC(=O)CCCCCCCCCCC/C=C\C/C=C\CCCCCCC)OC(=O)CCCCCCCCCCC/C=C\C/C=C\CCCCCCC. The van der Waals surface area contributed by atoms with E-state index < -0.39 is 6.10 Å². The highest BCUT2D eigenvalue weighted by Crippen LogP contribution is 2.15. The molecule has 0 aliphatic rings. The predicted octanol–water partition coefficient (Wildman–Crippen LogP) is 22.8. The number of carbonyl (C=O) groups excluding carboxylic acids is 3. The molecule has 0 bridgehead atoms. The van der Waals surface area contributed by atoms with Gasteiger partial charge in [0.05, 0.1) is 0 Å². The number of ether oxygens (including phenoxy) is 3. The molecule has 6 heteroatoms. The fourth-order valence-electron chi connectivity index (χ4n) is 9.00. The highest BCUT2D eigenvalue weighted by atomic mass is 16.6. The molecule has 0 fully saturated rings. The van der Waals surface area contributed by atoms with Crippen LogP contribution in [-0.4, -0.2) is 37.2 Å². The van der Waals surface area contributed by atoms with E-state index in [1.54, 1.807) is 0 Å². The van der Waals surface area contributed by atoms with Crippen LogP contribution in [0.4, 0.5) is 0 Å². The van der Waals surface area contributed by atoms with Crippen LogP contribution in [0.3, 0.4) is 0 Å². The van der Waals surface area contributed by atoms with Gasteiger partial charge < -0.3 is 14.2 Å². The zero-order valence-corrected chi connectivity index (χ0v) is 51.6. The smallest absolute Gasteiger partial charge is 0.306 e.